The largest absolute Gasteiger partial charge is 0.463 e. The van der Waals surface area contributed by atoms with Gasteiger partial charge in [-0.3, -0.25) is 0 Å². The molecular formula is C6H8NaO2. The van der Waals surface area contributed by atoms with Crippen molar-refractivity contribution in [1.82, 2.24) is 0 Å². The summed E-state index contributed by atoms with van der Waals surface area (Å²) in [5.41, 5.74) is 0. The van der Waals surface area contributed by atoms with Crippen molar-refractivity contribution in [2.24, 2.45) is 0 Å². The summed E-state index contributed by atoms with van der Waals surface area (Å²) in [6.45, 7) is 3.72. The first-order chi connectivity index (χ1) is 3.80. The summed E-state index contributed by atoms with van der Waals surface area (Å²) >= 11 is 0. The number of hydrogen-bond donors (Lipinski definition) is 0. The molecule has 9 heavy (non-hydrogen) atoms. The van der Waals surface area contributed by atoms with Crippen LogP contribution in [0.2, 0.25) is 0 Å². The van der Waals surface area contributed by atoms with E-state index in [2.05, 4.69) is 0 Å². The van der Waals surface area contributed by atoms with Crippen LogP contribution in [0.4, 0.5) is 0 Å². The zero-order valence-electron chi connectivity index (χ0n) is 5.97. The van der Waals surface area contributed by atoms with Crippen LogP contribution in [0.25, 0.3) is 0 Å². The SMILES string of the molecule is CC1=C(C)OC=CO1.[Na]. The standard InChI is InChI=1S/C6H8O2.Na/c1-5-6(2)8-4-3-7-5;/h3-4H,1-2H3;. The molecule has 0 aliphatic carbocycles. The molecule has 2 nitrogen and oxygen atoms in total. The van der Waals surface area contributed by atoms with Crippen LogP contribution in [0.1, 0.15) is 13.8 Å². The second-order valence-corrected chi connectivity index (χ2v) is 1.62. The summed E-state index contributed by atoms with van der Waals surface area (Å²) in [5, 5.41) is 0. The van der Waals surface area contributed by atoms with E-state index in [0.29, 0.717) is 0 Å². The molecule has 1 heterocycles. The number of allylic oxidation sites excluding steroid dienone is 2. The van der Waals surface area contributed by atoms with Gasteiger partial charge < -0.3 is 9.47 Å². The van der Waals surface area contributed by atoms with Crippen LogP contribution in [0, 0.1) is 0 Å². The van der Waals surface area contributed by atoms with Gasteiger partial charge >= 0.3 is 0 Å². The van der Waals surface area contributed by atoms with Gasteiger partial charge in [0, 0.05) is 29.6 Å². The third kappa shape index (κ3) is 2.43. The molecule has 1 aliphatic rings. The minimum absolute atomic E-state index is 0. The number of rotatable bonds is 0. The smallest absolute Gasteiger partial charge is 0.138 e. The van der Waals surface area contributed by atoms with E-state index < -0.39 is 0 Å². The molecule has 0 N–H and O–H groups in total. The molecule has 0 aromatic carbocycles. The molecule has 0 saturated carbocycles. The van der Waals surface area contributed by atoms with Gasteiger partial charge in [0.05, 0.1) is 0 Å². The minimum Gasteiger partial charge on any atom is -0.463 e. The molecule has 0 bridgehead atoms. The summed E-state index contributed by atoms with van der Waals surface area (Å²) in [5.74, 6) is 1.65. The predicted octanol–water partition coefficient (Wildman–Crippen LogP) is 1.38. The van der Waals surface area contributed by atoms with Crippen molar-refractivity contribution in [2.45, 2.75) is 13.8 Å². The molecule has 1 rings (SSSR count). The maximum atomic E-state index is 4.96. The van der Waals surface area contributed by atoms with Crippen molar-refractivity contribution < 1.29 is 9.47 Å². The van der Waals surface area contributed by atoms with Crippen LogP contribution in [-0.2, 0) is 9.47 Å². The fraction of sp³-hybridized carbons (Fsp3) is 0.333. The molecule has 3 heteroatoms. The van der Waals surface area contributed by atoms with E-state index in [1.807, 2.05) is 13.8 Å². The molecule has 0 aromatic heterocycles. The van der Waals surface area contributed by atoms with E-state index in [-0.39, 0.29) is 29.6 Å². The van der Waals surface area contributed by atoms with Crippen LogP contribution in [0.15, 0.2) is 24.0 Å². The van der Waals surface area contributed by atoms with Crippen LogP contribution >= 0.6 is 0 Å². The van der Waals surface area contributed by atoms with Crippen molar-refractivity contribution in [3.8, 4) is 0 Å². The predicted molar refractivity (Wildman–Crippen MR) is 35.4 cm³/mol. The Morgan fingerprint density at radius 1 is 1.00 bits per heavy atom. The summed E-state index contributed by atoms with van der Waals surface area (Å²) in [6, 6.07) is 0. The average molecular weight is 135 g/mol. The molecule has 0 atom stereocenters. The average Bonchev–Trinajstić information content (AvgIpc) is 1.77. The van der Waals surface area contributed by atoms with Crippen LogP contribution in [0.3, 0.4) is 0 Å². The van der Waals surface area contributed by atoms with Crippen molar-refractivity contribution >= 4 is 29.6 Å². The molecule has 1 radical (unpaired) electrons. The summed E-state index contributed by atoms with van der Waals surface area (Å²) in [4.78, 5) is 0. The monoisotopic (exact) mass is 135 g/mol. The Bertz CT molecular complexity index is 133. The Labute approximate surface area is 76.8 Å². The Morgan fingerprint density at radius 2 is 1.33 bits per heavy atom. The molecule has 45 valence electrons. The van der Waals surface area contributed by atoms with E-state index in [1.165, 1.54) is 12.5 Å². The van der Waals surface area contributed by atoms with Crippen molar-refractivity contribution in [1.29, 1.82) is 0 Å². The van der Waals surface area contributed by atoms with Gasteiger partial charge in [-0.15, -0.1) is 0 Å². The Balaban J connectivity index is 0.000000640. The molecule has 0 amide bonds. The third-order valence-corrected chi connectivity index (χ3v) is 1.04. The maximum absolute atomic E-state index is 4.96. The fourth-order valence-electron chi connectivity index (χ4n) is 0.426. The molecule has 0 saturated heterocycles. The van der Waals surface area contributed by atoms with Crippen LogP contribution in [0.5, 0.6) is 0 Å². The summed E-state index contributed by atoms with van der Waals surface area (Å²) in [7, 11) is 0. The second kappa shape index (κ2) is 3.99. The fourth-order valence-corrected chi connectivity index (χ4v) is 0.426. The maximum Gasteiger partial charge on any atom is 0.138 e. The van der Waals surface area contributed by atoms with Gasteiger partial charge in [-0.05, 0) is 13.8 Å². The Hall–Kier alpha value is 0.0800. The zero-order chi connectivity index (χ0) is 5.98. The number of ether oxygens (including phenoxy) is 2. The van der Waals surface area contributed by atoms with E-state index in [4.69, 9.17) is 9.47 Å². The second-order valence-electron chi connectivity index (χ2n) is 1.62. The summed E-state index contributed by atoms with van der Waals surface area (Å²) in [6.07, 6.45) is 3.03. The van der Waals surface area contributed by atoms with Gasteiger partial charge in [-0.25, -0.2) is 0 Å². The van der Waals surface area contributed by atoms with E-state index in [0.717, 1.165) is 11.5 Å². The first kappa shape index (κ1) is 9.08. The molecule has 0 spiro atoms. The van der Waals surface area contributed by atoms with Gasteiger partial charge in [-0.1, -0.05) is 0 Å². The van der Waals surface area contributed by atoms with E-state index in [9.17, 15) is 0 Å². The first-order valence-corrected chi connectivity index (χ1v) is 2.46. The molecule has 0 unspecified atom stereocenters. The number of hydrogen-bond acceptors (Lipinski definition) is 2. The molecule has 1 aliphatic heterocycles. The topological polar surface area (TPSA) is 18.5 Å². The summed E-state index contributed by atoms with van der Waals surface area (Å²) < 4.78 is 9.93. The van der Waals surface area contributed by atoms with Crippen LogP contribution < -0.4 is 0 Å². The van der Waals surface area contributed by atoms with Gasteiger partial charge in [-0.2, -0.15) is 0 Å². The quantitative estimate of drug-likeness (QED) is 0.467. The Kier molecular flexibility index (Phi) is 4.02. The van der Waals surface area contributed by atoms with Gasteiger partial charge in [0.2, 0.25) is 0 Å². The zero-order valence-corrected chi connectivity index (χ0v) is 7.97. The van der Waals surface area contributed by atoms with Crippen molar-refractivity contribution in [3.05, 3.63) is 24.0 Å². The third-order valence-electron chi connectivity index (χ3n) is 1.04. The molecular weight excluding hydrogens is 127 g/mol. The van der Waals surface area contributed by atoms with Gasteiger partial charge in [0.1, 0.15) is 24.0 Å². The van der Waals surface area contributed by atoms with Crippen LogP contribution in [-0.4, -0.2) is 29.6 Å². The van der Waals surface area contributed by atoms with E-state index in [1.54, 1.807) is 0 Å². The minimum atomic E-state index is 0. The van der Waals surface area contributed by atoms with Gasteiger partial charge in [0.15, 0.2) is 0 Å². The van der Waals surface area contributed by atoms with E-state index >= 15 is 0 Å². The van der Waals surface area contributed by atoms with Gasteiger partial charge in [0.25, 0.3) is 0 Å². The molecule has 0 fully saturated rings. The Morgan fingerprint density at radius 3 is 1.56 bits per heavy atom. The molecule has 0 aromatic rings. The normalized spacial score (nSPS) is 15.8. The first-order valence-electron chi connectivity index (χ1n) is 2.46. The van der Waals surface area contributed by atoms with Crippen molar-refractivity contribution in [2.75, 3.05) is 0 Å². The van der Waals surface area contributed by atoms with Crippen molar-refractivity contribution in [3.63, 3.8) is 0 Å².